The molecule has 0 aliphatic heterocycles. The standard InChI is InChI=1S/C27H28BrCl2N3O4S/c1-18(2)31-27(35)19(3)32(16-20-9-7-10-21(28)15-20)25(34)17-33(24-14-8-13-23(29)26(24)30)38(36,37)22-11-5-4-6-12-22/h4-15,18-19H,16-17H2,1-3H3,(H,31,35)/t19-/m1/s1. The fourth-order valence-electron chi connectivity index (χ4n) is 3.74. The number of halogens is 3. The van der Waals surface area contributed by atoms with Crippen molar-refractivity contribution in [2.24, 2.45) is 0 Å². The largest absolute Gasteiger partial charge is 0.352 e. The molecule has 0 saturated heterocycles. The number of carbonyl (C=O) groups excluding carboxylic acids is 2. The van der Waals surface area contributed by atoms with Gasteiger partial charge in [-0.2, -0.15) is 0 Å². The van der Waals surface area contributed by atoms with Crippen LogP contribution in [0.25, 0.3) is 0 Å². The lowest BCUT2D eigenvalue weighted by atomic mass is 10.1. The third-order valence-corrected chi connectivity index (χ3v) is 8.73. The average Bonchev–Trinajstić information content (AvgIpc) is 2.87. The Labute approximate surface area is 241 Å². The highest BCUT2D eigenvalue weighted by Gasteiger charge is 2.33. The Morgan fingerprint density at radius 2 is 1.61 bits per heavy atom. The molecule has 1 N–H and O–H groups in total. The minimum Gasteiger partial charge on any atom is -0.352 e. The number of rotatable bonds is 10. The molecule has 3 aromatic rings. The number of nitrogens with one attached hydrogen (secondary N) is 1. The van der Waals surface area contributed by atoms with Gasteiger partial charge in [0.15, 0.2) is 0 Å². The van der Waals surface area contributed by atoms with Crippen LogP contribution in [0.3, 0.4) is 0 Å². The zero-order valence-corrected chi connectivity index (χ0v) is 25.0. The molecule has 2 amide bonds. The highest BCUT2D eigenvalue weighted by atomic mass is 79.9. The summed E-state index contributed by atoms with van der Waals surface area (Å²) >= 11 is 16.1. The minimum absolute atomic E-state index is 0.00869. The molecule has 0 radical (unpaired) electrons. The summed E-state index contributed by atoms with van der Waals surface area (Å²) in [6.45, 7) is 4.72. The summed E-state index contributed by atoms with van der Waals surface area (Å²) in [5.41, 5.74) is 0.813. The highest BCUT2D eigenvalue weighted by molar-refractivity contribution is 9.10. The van der Waals surface area contributed by atoms with Crippen LogP contribution in [-0.2, 0) is 26.2 Å². The summed E-state index contributed by atoms with van der Waals surface area (Å²) < 4.78 is 29.3. The van der Waals surface area contributed by atoms with E-state index in [0.29, 0.717) is 0 Å². The van der Waals surface area contributed by atoms with Crippen LogP contribution < -0.4 is 9.62 Å². The number of sulfonamides is 1. The van der Waals surface area contributed by atoms with Gasteiger partial charge in [0.1, 0.15) is 12.6 Å². The Morgan fingerprint density at radius 1 is 0.947 bits per heavy atom. The fraction of sp³-hybridized carbons (Fsp3) is 0.259. The Morgan fingerprint density at radius 3 is 2.24 bits per heavy atom. The number of nitrogens with zero attached hydrogens (tertiary/aromatic N) is 2. The second-order valence-electron chi connectivity index (χ2n) is 8.89. The molecule has 0 unspecified atom stereocenters. The molecular formula is C27H28BrCl2N3O4S. The van der Waals surface area contributed by atoms with Crippen molar-refractivity contribution in [3.05, 3.63) is 92.9 Å². The molecule has 11 heteroatoms. The predicted octanol–water partition coefficient (Wildman–Crippen LogP) is 5.89. The Balaban J connectivity index is 2.07. The van der Waals surface area contributed by atoms with Gasteiger partial charge in [-0.15, -0.1) is 0 Å². The second-order valence-corrected chi connectivity index (χ2v) is 12.5. The van der Waals surface area contributed by atoms with Crippen molar-refractivity contribution in [1.82, 2.24) is 10.2 Å². The monoisotopic (exact) mass is 639 g/mol. The van der Waals surface area contributed by atoms with Gasteiger partial charge in [-0.25, -0.2) is 8.42 Å². The summed E-state index contributed by atoms with van der Waals surface area (Å²) in [7, 11) is -4.23. The van der Waals surface area contributed by atoms with Crippen LogP contribution in [0.4, 0.5) is 5.69 Å². The lowest BCUT2D eigenvalue weighted by Crippen LogP contribution is -2.52. The van der Waals surface area contributed by atoms with Crippen LogP contribution >= 0.6 is 39.1 Å². The summed E-state index contributed by atoms with van der Waals surface area (Å²) in [4.78, 5) is 28.2. The topological polar surface area (TPSA) is 86.8 Å². The predicted molar refractivity (Wildman–Crippen MR) is 155 cm³/mol. The lowest BCUT2D eigenvalue weighted by molar-refractivity contribution is -0.139. The first-order valence-electron chi connectivity index (χ1n) is 11.8. The summed E-state index contributed by atoms with van der Waals surface area (Å²) in [5, 5.41) is 2.95. The maximum Gasteiger partial charge on any atom is 0.264 e. The summed E-state index contributed by atoms with van der Waals surface area (Å²) in [6.07, 6.45) is 0. The number of anilines is 1. The molecule has 1 atom stereocenters. The molecule has 0 aliphatic rings. The molecule has 202 valence electrons. The zero-order chi connectivity index (χ0) is 28.0. The van der Waals surface area contributed by atoms with E-state index in [-0.39, 0.29) is 39.1 Å². The van der Waals surface area contributed by atoms with Gasteiger partial charge in [0.25, 0.3) is 10.0 Å². The average molecular weight is 641 g/mol. The Kier molecular flexibility index (Phi) is 10.2. The molecule has 0 fully saturated rings. The van der Waals surface area contributed by atoms with Crippen LogP contribution in [0.5, 0.6) is 0 Å². The molecule has 0 spiro atoms. The molecule has 0 bridgehead atoms. The Hall–Kier alpha value is -2.59. The van der Waals surface area contributed by atoms with Gasteiger partial charge in [0.05, 0.1) is 20.6 Å². The van der Waals surface area contributed by atoms with Gasteiger partial charge in [-0.1, -0.05) is 75.5 Å². The van der Waals surface area contributed by atoms with Gasteiger partial charge in [-0.3, -0.25) is 13.9 Å². The minimum atomic E-state index is -4.23. The van der Waals surface area contributed by atoms with E-state index < -0.39 is 28.5 Å². The van der Waals surface area contributed by atoms with E-state index in [4.69, 9.17) is 23.2 Å². The highest BCUT2D eigenvalue weighted by Crippen LogP contribution is 2.35. The normalized spacial score (nSPS) is 12.2. The molecule has 0 saturated carbocycles. The smallest absolute Gasteiger partial charge is 0.264 e. The third kappa shape index (κ3) is 7.28. The van der Waals surface area contributed by atoms with Crippen molar-refractivity contribution in [2.75, 3.05) is 10.8 Å². The second kappa shape index (κ2) is 13.0. The lowest BCUT2D eigenvalue weighted by Gasteiger charge is -2.32. The fourth-order valence-corrected chi connectivity index (χ4v) is 6.08. The van der Waals surface area contributed by atoms with E-state index in [1.165, 1.54) is 29.2 Å². The van der Waals surface area contributed by atoms with Gasteiger partial charge in [0.2, 0.25) is 11.8 Å². The van der Waals surface area contributed by atoms with Crippen molar-refractivity contribution in [3.8, 4) is 0 Å². The molecule has 3 rings (SSSR count). The van der Waals surface area contributed by atoms with Crippen LogP contribution in [0.15, 0.2) is 82.2 Å². The van der Waals surface area contributed by atoms with Crippen molar-refractivity contribution in [3.63, 3.8) is 0 Å². The molecule has 3 aromatic carbocycles. The Bertz CT molecular complexity index is 1400. The molecule has 7 nitrogen and oxygen atoms in total. The maximum absolute atomic E-state index is 13.9. The molecule has 38 heavy (non-hydrogen) atoms. The third-order valence-electron chi connectivity index (χ3n) is 5.65. The van der Waals surface area contributed by atoms with Crippen LogP contribution in [0.1, 0.15) is 26.3 Å². The molecule has 0 aromatic heterocycles. The number of hydrogen-bond acceptors (Lipinski definition) is 4. The van der Waals surface area contributed by atoms with E-state index in [1.807, 2.05) is 38.1 Å². The number of benzene rings is 3. The van der Waals surface area contributed by atoms with Gasteiger partial charge < -0.3 is 10.2 Å². The summed E-state index contributed by atoms with van der Waals surface area (Å²) in [6, 6.07) is 18.6. The van der Waals surface area contributed by atoms with Crippen molar-refractivity contribution in [2.45, 2.75) is 44.3 Å². The van der Waals surface area contributed by atoms with Crippen molar-refractivity contribution < 1.29 is 18.0 Å². The molecular weight excluding hydrogens is 613 g/mol. The SMILES string of the molecule is CC(C)NC(=O)[C@@H](C)N(Cc1cccc(Br)c1)C(=O)CN(c1cccc(Cl)c1Cl)S(=O)(=O)c1ccccc1. The van der Waals surface area contributed by atoms with Crippen molar-refractivity contribution in [1.29, 1.82) is 0 Å². The van der Waals surface area contributed by atoms with E-state index in [2.05, 4.69) is 21.2 Å². The quantitative estimate of drug-likeness (QED) is 0.299. The van der Waals surface area contributed by atoms with Crippen LogP contribution in [0.2, 0.25) is 10.0 Å². The van der Waals surface area contributed by atoms with E-state index in [1.54, 1.807) is 31.2 Å². The van der Waals surface area contributed by atoms with Gasteiger partial charge in [0, 0.05) is 17.1 Å². The number of carbonyl (C=O) groups is 2. The van der Waals surface area contributed by atoms with Gasteiger partial charge >= 0.3 is 0 Å². The summed E-state index contributed by atoms with van der Waals surface area (Å²) in [5.74, 6) is -0.950. The maximum atomic E-state index is 13.9. The first-order valence-corrected chi connectivity index (χ1v) is 14.8. The van der Waals surface area contributed by atoms with E-state index in [0.717, 1.165) is 14.3 Å². The molecule has 0 aliphatic carbocycles. The van der Waals surface area contributed by atoms with Crippen LogP contribution in [0, 0.1) is 0 Å². The van der Waals surface area contributed by atoms with E-state index in [9.17, 15) is 18.0 Å². The van der Waals surface area contributed by atoms with E-state index >= 15 is 0 Å². The van der Waals surface area contributed by atoms with Gasteiger partial charge in [-0.05, 0) is 62.7 Å². The van der Waals surface area contributed by atoms with Crippen molar-refractivity contribution >= 4 is 66.7 Å². The zero-order valence-electron chi connectivity index (χ0n) is 21.1. The van der Waals surface area contributed by atoms with Crippen LogP contribution in [-0.4, -0.2) is 43.8 Å². The number of amides is 2. The first-order chi connectivity index (χ1) is 17.9. The first kappa shape index (κ1) is 30.0. The number of hydrogen-bond donors (Lipinski definition) is 1. The molecule has 0 heterocycles.